The Kier molecular flexibility index (Phi) is 3.38. The van der Waals surface area contributed by atoms with Gasteiger partial charge in [-0.05, 0) is 5.56 Å². The third-order valence-electron chi connectivity index (χ3n) is 1.64. The van der Waals surface area contributed by atoms with Crippen molar-refractivity contribution in [1.29, 1.82) is 0 Å². The Morgan fingerprint density at radius 3 is 2.29 bits per heavy atom. The molecule has 1 rings (SSSR count). The molecule has 1 aromatic carbocycles. The number of rotatable bonds is 4. The summed E-state index contributed by atoms with van der Waals surface area (Å²) >= 11 is 0. The Morgan fingerprint density at radius 2 is 1.86 bits per heavy atom. The zero-order chi connectivity index (χ0) is 10.6. The van der Waals surface area contributed by atoms with E-state index in [-0.39, 0.29) is 0 Å². The largest absolute Gasteiger partial charge is 0.301 e. The average Bonchev–Trinajstić information content (AvgIpc) is 2.14. The molecule has 14 heavy (non-hydrogen) atoms. The molecular weight excluding hydrogens is 202 g/mol. The van der Waals surface area contributed by atoms with Crippen LogP contribution in [0.25, 0.3) is 0 Å². The number of hydrogen-bond acceptors (Lipinski definition) is 3. The first-order valence-corrected chi connectivity index (χ1v) is 5.89. The van der Waals surface area contributed by atoms with Gasteiger partial charge in [-0.15, -0.1) is 0 Å². The van der Waals surface area contributed by atoms with E-state index in [0.717, 1.165) is 6.26 Å². The molecule has 0 bridgehead atoms. The molecule has 0 aliphatic heterocycles. The highest BCUT2D eigenvalue weighted by Crippen LogP contribution is 2.10. The molecule has 0 saturated carbocycles. The van der Waals surface area contributed by atoms with Crippen molar-refractivity contribution in [3.05, 3.63) is 35.9 Å². The second-order valence-electron chi connectivity index (χ2n) is 2.91. The van der Waals surface area contributed by atoms with Crippen molar-refractivity contribution < 1.29 is 13.2 Å². The Balaban J connectivity index is 2.89. The fourth-order valence-electron chi connectivity index (χ4n) is 1.07. The van der Waals surface area contributed by atoms with Crippen molar-refractivity contribution in [1.82, 2.24) is 4.72 Å². The van der Waals surface area contributed by atoms with Crippen LogP contribution in [0.1, 0.15) is 11.6 Å². The fraction of sp³-hybridized carbons (Fsp3) is 0.222. The maximum atomic E-state index is 10.9. The summed E-state index contributed by atoms with van der Waals surface area (Å²) in [5.74, 6) is 0. The molecule has 4 nitrogen and oxygen atoms in total. The number of aldehydes is 1. The van der Waals surface area contributed by atoms with E-state index in [1.54, 1.807) is 30.3 Å². The van der Waals surface area contributed by atoms with Gasteiger partial charge in [0.15, 0.2) is 0 Å². The summed E-state index contributed by atoms with van der Waals surface area (Å²) in [6, 6.07) is 7.87. The zero-order valence-electron chi connectivity index (χ0n) is 7.67. The van der Waals surface area contributed by atoms with E-state index in [0.29, 0.717) is 11.8 Å². The topological polar surface area (TPSA) is 63.2 Å². The molecule has 0 aromatic heterocycles. The van der Waals surface area contributed by atoms with Gasteiger partial charge in [0.05, 0.1) is 6.26 Å². The third-order valence-corrected chi connectivity index (χ3v) is 2.32. The van der Waals surface area contributed by atoms with Crippen molar-refractivity contribution in [2.24, 2.45) is 0 Å². The van der Waals surface area contributed by atoms with E-state index in [2.05, 4.69) is 4.72 Å². The first-order valence-electron chi connectivity index (χ1n) is 4.00. The van der Waals surface area contributed by atoms with Gasteiger partial charge in [0.1, 0.15) is 12.3 Å². The first kappa shape index (κ1) is 10.9. The SMILES string of the molecule is CS(=O)(=O)NC(C=O)c1ccccc1. The second kappa shape index (κ2) is 4.34. The predicted molar refractivity (Wildman–Crippen MR) is 53.2 cm³/mol. The molecule has 0 fully saturated rings. The highest BCUT2D eigenvalue weighted by Gasteiger charge is 2.13. The quantitative estimate of drug-likeness (QED) is 0.740. The van der Waals surface area contributed by atoms with Gasteiger partial charge in [-0.3, -0.25) is 0 Å². The predicted octanol–water partition coefficient (Wildman–Crippen LogP) is 0.476. The summed E-state index contributed by atoms with van der Waals surface area (Å²) in [5, 5.41) is 0. The maximum absolute atomic E-state index is 10.9. The van der Waals surface area contributed by atoms with Gasteiger partial charge in [-0.2, -0.15) is 0 Å². The van der Waals surface area contributed by atoms with Gasteiger partial charge in [0, 0.05) is 0 Å². The summed E-state index contributed by atoms with van der Waals surface area (Å²) in [7, 11) is -3.36. The molecule has 1 N–H and O–H groups in total. The van der Waals surface area contributed by atoms with E-state index in [1.807, 2.05) is 0 Å². The first-order chi connectivity index (χ1) is 6.53. The smallest absolute Gasteiger partial charge is 0.209 e. The molecule has 0 spiro atoms. The molecule has 1 unspecified atom stereocenters. The van der Waals surface area contributed by atoms with Crippen LogP contribution in [0.4, 0.5) is 0 Å². The van der Waals surface area contributed by atoms with Crippen molar-refractivity contribution in [2.45, 2.75) is 6.04 Å². The van der Waals surface area contributed by atoms with Crippen molar-refractivity contribution >= 4 is 16.3 Å². The number of carbonyl (C=O) groups excluding carboxylic acids is 1. The molecule has 1 aromatic rings. The lowest BCUT2D eigenvalue weighted by Gasteiger charge is -2.10. The molecule has 0 radical (unpaired) electrons. The lowest BCUT2D eigenvalue weighted by Crippen LogP contribution is -2.28. The van der Waals surface area contributed by atoms with Crippen molar-refractivity contribution in [2.75, 3.05) is 6.26 Å². The number of benzene rings is 1. The number of hydrogen-bond donors (Lipinski definition) is 1. The summed E-state index contributed by atoms with van der Waals surface area (Å²) < 4.78 is 24.0. The Bertz CT molecular complexity index is 399. The van der Waals surface area contributed by atoms with Crippen LogP contribution in [-0.4, -0.2) is 21.0 Å². The summed E-state index contributed by atoms with van der Waals surface area (Å²) in [6.07, 6.45) is 1.59. The summed E-state index contributed by atoms with van der Waals surface area (Å²) in [5.41, 5.74) is 0.632. The molecule has 0 heterocycles. The van der Waals surface area contributed by atoms with Crippen LogP contribution in [-0.2, 0) is 14.8 Å². The van der Waals surface area contributed by atoms with Crippen LogP contribution >= 0.6 is 0 Å². The lowest BCUT2D eigenvalue weighted by molar-refractivity contribution is -0.109. The van der Waals surface area contributed by atoms with Crippen LogP contribution < -0.4 is 4.72 Å². The van der Waals surface area contributed by atoms with Gasteiger partial charge in [0.2, 0.25) is 10.0 Å². The molecule has 5 heteroatoms. The Labute approximate surface area is 83.0 Å². The van der Waals surface area contributed by atoms with Gasteiger partial charge in [-0.1, -0.05) is 30.3 Å². The minimum absolute atomic E-state index is 0.566. The Morgan fingerprint density at radius 1 is 1.29 bits per heavy atom. The number of carbonyl (C=O) groups is 1. The van der Waals surface area contributed by atoms with E-state index in [9.17, 15) is 13.2 Å². The van der Waals surface area contributed by atoms with Gasteiger partial charge in [-0.25, -0.2) is 13.1 Å². The van der Waals surface area contributed by atoms with Gasteiger partial charge >= 0.3 is 0 Å². The molecule has 0 saturated heterocycles. The van der Waals surface area contributed by atoms with Crippen LogP contribution in [0.3, 0.4) is 0 Å². The van der Waals surface area contributed by atoms with Crippen LogP contribution in [0, 0.1) is 0 Å². The molecule has 0 aliphatic carbocycles. The van der Waals surface area contributed by atoms with Crippen LogP contribution in [0.15, 0.2) is 30.3 Å². The zero-order valence-corrected chi connectivity index (χ0v) is 8.49. The standard InChI is InChI=1S/C9H11NO3S/c1-14(12,13)10-9(7-11)8-5-3-2-4-6-8/h2-7,9-10H,1H3. The number of nitrogens with one attached hydrogen (secondary N) is 1. The fourth-order valence-corrected chi connectivity index (χ4v) is 1.72. The summed E-state index contributed by atoms with van der Waals surface area (Å²) in [4.78, 5) is 10.7. The van der Waals surface area contributed by atoms with E-state index in [4.69, 9.17) is 0 Å². The van der Waals surface area contributed by atoms with Gasteiger partial charge in [0.25, 0.3) is 0 Å². The third kappa shape index (κ3) is 3.27. The van der Waals surface area contributed by atoms with E-state index < -0.39 is 16.1 Å². The Hall–Kier alpha value is -1.20. The number of sulfonamides is 1. The second-order valence-corrected chi connectivity index (χ2v) is 4.69. The van der Waals surface area contributed by atoms with Crippen LogP contribution in [0.2, 0.25) is 0 Å². The molecular formula is C9H11NO3S. The van der Waals surface area contributed by atoms with Gasteiger partial charge < -0.3 is 4.79 Å². The van der Waals surface area contributed by atoms with Crippen LogP contribution in [0.5, 0.6) is 0 Å². The summed E-state index contributed by atoms with van der Waals surface area (Å²) in [6.45, 7) is 0. The van der Waals surface area contributed by atoms with Crippen molar-refractivity contribution in [3.8, 4) is 0 Å². The minimum Gasteiger partial charge on any atom is -0.301 e. The minimum atomic E-state index is -3.36. The average molecular weight is 213 g/mol. The monoisotopic (exact) mass is 213 g/mol. The molecule has 76 valence electrons. The van der Waals surface area contributed by atoms with Crippen molar-refractivity contribution in [3.63, 3.8) is 0 Å². The normalized spacial score (nSPS) is 13.5. The highest BCUT2D eigenvalue weighted by molar-refractivity contribution is 7.88. The molecule has 1 atom stereocenters. The maximum Gasteiger partial charge on any atom is 0.209 e. The molecule has 0 amide bonds. The lowest BCUT2D eigenvalue weighted by atomic mass is 10.1. The van der Waals surface area contributed by atoms with E-state index in [1.165, 1.54) is 0 Å². The van der Waals surface area contributed by atoms with E-state index >= 15 is 0 Å². The molecule has 0 aliphatic rings. The highest BCUT2D eigenvalue weighted by atomic mass is 32.2.